The molecule has 0 aliphatic carbocycles. The van der Waals surface area contributed by atoms with Gasteiger partial charge in [-0.15, -0.1) is 0 Å². The van der Waals surface area contributed by atoms with E-state index in [0.29, 0.717) is 18.0 Å². The van der Waals surface area contributed by atoms with Crippen LogP contribution in [0.3, 0.4) is 0 Å². The summed E-state index contributed by atoms with van der Waals surface area (Å²) in [5.74, 6) is 1.29. The van der Waals surface area contributed by atoms with Crippen molar-refractivity contribution in [1.82, 2.24) is 5.32 Å². The molecule has 0 fully saturated rings. The third-order valence-corrected chi connectivity index (χ3v) is 3.48. The second kappa shape index (κ2) is 7.70. The Bertz CT molecular complexity index is 662. The van der Waals surface area contributed by atoms with Crippen LogP contribution < -0.4 is 20.1 Å². The summed E-state index contributed by atoms with van der Waals surface area (Å²) < 4.78 is 11.3. The van der Waals surface area contributed by atoms with Crippen LogP contribution in [-0.4, -0.2) is 20.3 Å². The Balaban J connectivity index is 1.93. The van der Waals surface area contributed by atoms with Crippen LogP contribution in [0.5, 0.6) is 11.5 Å². The molecule has 22 heavy (non-hydrogen) atoms. The molecular weight excluding hydrogens is 348 g/mol. The van der Waals surface area contributed by atoms with Crippen LogP contribution in [0, 0.1) is 0 Å². The third-order valence-electron chi connectivity index (χ3n) is 2.98. The topological polar surface area (TPSA) is 59.6 Å². The zero-order valence-electron chi connectivity index (χ0n) is 12.4. The number of anilines is 1. The Labute approximate surface area is 137 Å². The fourth-order valence-corrected chi connectivity index (χ4v) is 2.31. The number of urea groups is 1. The van der Waals surface area contributed by atoms with Gasteiger partial charge in [-0.25, -0.2) is 4.79 Å². The Morgan fingerprint density at radius 2 is 1.86 bits per heavy atom. The molecule has 2 rings (SSSR count). The maximum Gasteiger partial charge on any atom is 0.319 e. The van der Waals surface area contributed by atoms with Crippen molar-refractivity contribution in [2.24, 2.45) is 0 Å². The number of nitrogens with one attached hydrogen (secondary N) is 2. The number of benzene rings is 2. The predicted octanol–water partition coefficient (Wildman–Crippen LogP) is 3.79. The number of methoxy groups -OCH3 is 2. The molecule has 0 unspecified atom stereocenters. The smallest absolute Gasteiger partial charge is 0.319 e. The summed E-state index contributed by atoms with van der Waals surface area (Å²) in [5.41, 5.74) is 1.64. The lowest BCUT2D eigenvalue weighted by molar-refractivity contribution is 0.251. The molecule has 2 aromatic carbocycles. The van der Waals surface area contributed by atoms with Crippen molar-refractivity contribution in [3.05, 3.63) is 52.5 Å². The van der Waals surface area contributed by atoms with Crippen LogP contribution in [-0.2, 0) is 6.54 Å². The van der Waals surface area contributed by atoms with Gasteiger partial charge in [0, 0.05) is 16.7 Å². The average Bonchev–Trinajstić information content (AvgIpc) is 2.52. The molecule has 2 amide bonds. The Kier molecular flexibility index (Phi) is 5.66. The fourth-order valence-electron chi connectivity index (χ4n) is 1.91. The molecule has 0 saturated heterocycles. The molecule has 6 heteroatoms. The minimum Gasteiger partial charge on any atom is -0.493 e. The molecule has 2 aromatic rings. The number of amides is 2. The summed E-state index contributed by atoms with van der Waals surface area (Å²) in [4.78, 5) is 11.9. The molecule has 0 aromatic heterocycles. The van der Waals surface area contributed by atoms with Gasteiger partial charge in [-0.2, -0.15) is 0 Å². The highest BCUT2D eigenvalue weighted by Gasteiger charge is 2.06. The fraction of sp³-hybridized carbons (Fsp3) is 0.188. The standard InChI is InChI=1S/C16H17BrN2O3/c1-21-14-7-6-11(8-15(14)22-2)10-18-16(20)19-13-5-3-4-12(17)9-13/h3-9H,10H2,1-2H3,(H2,18,19,20). The number of rotatable bonds is 5. The van der Waals surface area contributed by atoms with E-state index in [2.05, 4.69) is 26.6 Å². The SMILES string of the molecule is COc1ccc(CNC(=O)Nc2cccc(Br)c2)cc1OC. The van der Waals surface area contributed by atoms with Gasteiger partial charge in [-0.3, -0.25) is 0 Å². The van der Waals surface area contributed by atoms with E-state index in [-0.39, 0.29) is 6.03 Å². The van der Waals surface area contributed by atoms with Crippen LogP contribution in [0.25, 0.3) is 0 Å². The maximum absolute atomic E-state index is 11.9. The molecule has 0 aliphatic heterocycles. The number of hydrogen-bond donors (Lipinski definition) is 2. The van der Waals surface area contributed by atoms with Crippen molar-refractivity contribution >= 4 is 27.6 Å². The lowest BCUT2D eigenvalue weighted by Crippen LogP contribution is -2.28. The first-order valence-corrected chi connectivity index (χ1v) is 7.43. The van der Waals surface area contributed by atoms with E-state index < -0.39 is 0 Å². The second-order valence-corrected chi connectivity index (χ2v) is 5.42. The summed E-state index contributed by atoms with van der Waals surface area (Å²) in [5, 5.41) is 5.56. The maximum atomic E-state index is 11.9. The summed E-state index contributed by atoms with van der Waals surface area (Å²) in [6.45, 7) is 0.389. The summed E-state index contributed by atoms with van der Waals surface area (Å²) in [7, 11) is 3.16. The van der Waals surface area contributed by atoms with Gasteiger partial charge in [0.15, 0.2) is 11.5 Å². The number of carbonyl (C=O) groups is 1. The van der Waals surface area contributed by atoms with Crippen molar-refractivity contribution < 1.29 is 14.3 Å². The molecule has 0 atom stereocenters. The van der Waals surface area contributed by atoms with Crippen LogP contribution in [0.4, 0.5) is 10.5 Å². The van der Waals surface area contributed by atoms with Gasteiger partial charge >= 0.3 is 6.03 Å². The van der Waals surface area contributed by atoms with Gasteiger partial charge in [0.1, 0.15) is 0 Å². The lowest BCUT2D eigenvalue weighted by Gasteiger charge is -2.11. The third kappa shape index (κ3) is 4.39. The van der Waals surface area contributed by atoms with Crippen molar-refractivity contribution in [3.63, 3.8) is 0 Å². The molecule has 0 aliphatic rings. The summed E-state index contributed by atoms with van der Waals surface area (Å²) in [6.07, 6.45) is 0. The quantitative estimate of drug-likeness (QED) is 0.848. The molecule has 0 spiro atoms. The Morgan fingerprint density at radius 1 is 1.09 bits per heavy atom. The highest BCUT2D eigenvalue weighted by Crippen LogP contribution is 2.27. The molecule has 0 heterocycles. The Morgan fingerprint density at radius 3 is 2.55 bits per heavy atom. The van der Waals surface area contributed by atoms with Crippen molar-refractivity contribution in [1.29, 1.82) is 0 Å². The minimum absolute atomic E-state index is 0.270. The normalized spacial score (nSPS) is 9.95. The molecule has 0 radical (unpaired) electrons. The number of hydrogen-bond acceptors (Lipinski definition) is 3. The number of halogens is 1. The van der Waals surface area contributed by atoms with E-state index in [1.54, 1.807) is 14.2 Å². The second-order valence-electron chi connectivity index (χ2n) is 4.51. The molecule has 2 N–H and O–H groups in total. The van der Waals surface area contributed by atoms with Gasteiger partial charge in [0.2, 0.25) is 0 Å². The monoisotopic (exact) mass is 364 g/mol. The zero-order valence-corrected chi connectivity index (χ0v) is 13.9. The molecular formula is C16H17BrN2O3. The highest BCUT2D eigenvalue weighted by molar-refractivity contribution is 9.10. The minimum atomic E-state index is -0.270. The lowest BCUT2D eigenvalue weighted by atomic mass is 10.2. The van der Waals surface area contributed by atoms with Gasteiger partial charge in [0.25, 0.3) is 0 Å². The van der Waals surface area contributed by atoms with Gasteiger partial charge in [-0.1, -0.05) is 28.1 Å². The van der Waals surface area contributed by atoms with E-state index in [4.69, 9.17) is 9.47 Å². The van der Waals surface area contributed by atoms with E-state index in [9.17, 15) is 4.79 Å². The average molecular weight is 365 g/mol. The largest absolute Gasteiger partial charge is 0.493 e. The van der Waals surface area contributed by atoms with Crippen molar-refractivity contribution in [3.8, 4) is 11.5 Å². The summed E-state index contributed by atoms with van der Waals surface area (Å²) >= 11 is 3.36. The Hall–Kier alpha value is -2.21. The molecule has 0 saturated carbocycles. The summed E-state index contributed by atoms with van der Waals surface area (Å²) in [6, 6.07) is 12.6. The van der Waals surface area contributed by atoms with E-state index >= 15 is 0 Å². The van der Waals surface area contributed by atoms with E-state index in [1.165, 1.54) is 0 Å². The number of ether oxygens (including phenoxy) is 2. The highest BCUT2D eigenvalue weighted by atomic mass is 79.9. The number of carbonyl (C=O) groups excluding carboxylic acids is 1. The molecule has 0 bridgehead atoms. The van der Waals surface area contributed by atoms with Crippen molar-refractivity contribution in [2.75, 3.05) is 19.5 Å². The van der Waals surface area contributed by atoms with Crippen LogP contribution in [0.1, 0.15) is 5.56 Å². The van der Waals surface area contributed by atoms with Crippen LogP contribution >= 0.6 is 15.9 Å². The van der Waals surface area contributed by atoms with Crippen LogP contribution in [0.15, 0.2) is 46.9 Å². The van der Waals surface area contributed by atoms with Gasteiger partial charge in [-0.05, 0) is 35.9 Å². The van der Waals surface area contributed by atoms with Crippen LogP contribution in [0.2, 0.25) is 0 Å². The van der Waals surface area contributed by atoms with E-state index in [1.807, 2.05) is 42.5 Å². The first-order chi connectivity index (χ1) is 10.6. The van der Waals surface area contributed by atoms with E-state index in [0.717, 1.165) is 15.7 Å². The molecule has 5 nitrogen and oxygen atoms in total. The first-order valence-electron chi connectivity index (χ1n) is 6.63. The van der Waals surface area contributed by atoms with Gasteiger partial charge in [0.05, 0.1) is 14.2 Å². The molecule has 116 valence electrons. The first kappa shape index (κ1) is 16.2. The van der Waals surface area contributed by atoms with Crippen molar-refractivity contribution in [2.45, 2.75) is 6.54 Å². The van der Waals surface area contributed by atoms with Gasteiger partial charge < -0.3 is 20.1 Å². The zero-order chi connectivity index (χ0) is 15.9. The predicted molar refractivity (Wildman–Crippen MR) is 89.5 cm³/mol.